The summed E-state index contributed by atoms with van der Waals surface area (Å²) in [6.07, 6.45) is 1.83. The van der Waals surface area contributed by atoms with Gasteiger partial charge in [0.05, 0.1) is 0 Å². The molecule has 0 amide bonds. The van der Waals surface area contributed by atoms with Gasteiger partial charge < -0.3 is 9.80 Å². The molecule has 7 aromatic carbocycles. The molecule has 0 heterocycles. The molecule has 1 aliphatic rings. The third-order valence-electron chi connectivity index (χ3n) is 9.75. The van der Waals surface area contributed by atoms with Crippen LogP contribution in [0.3, 0.4) is 0 Å². The fraction of sp³-hybridized carbons (Fsp3) is 0.120. The average molecular weight is 821 g/mol. The van der Waals surface area contributed by atoms with Gasteiger partial charge in [-0.15, -0.1) is 0 Å². The van der Waals surface area contributed by atoms with Crippen LogP contribution in [0, 0.1) is 13.8 Å². The number of nitrogens with zero attached hydrogens (tertiary/aromatic N) is 2. The van der Waals surface area contributed by atoms with E-state index in [0.717, 1.165) is 34.1 Å². The van der Waals surface area contributed by atoms with Gasteiger partial charge in [-0.3, -0.25) is 0 Å². The van der Waals surface area contributed by atoms with E-state index in [1.54, 1.807) is 0 Å². The topological polar surface area (TPSA) is 6.48 Å². The SMILES string of the molecule is C=Cc1ccccc1.Cc1cccc(N(c2ccccc2)c2ccc(-c3ccc(N(c4ccccc4)c4cccc(C)c4)cc3)cc2)c1.FC1(F)C(F)(F)C(F)(F)C1(F)F. The lowest BCUT2D eigenvalue weighted by atomic mass is 9.80. The van der Waals surface area contributed by atoms with E-state index in [1.807, 2.05) is 36.4 Å². The molecule has 1 saturated carbocycles. The number of rotatable bonds is 8. The van der Waals surface area contributed by atoms with Crippen LogP contribution in [0.1, 0.15) is 16.7 Å². The fourth-order valence-electron chi connectivity index (χ4n) is 6.50. The largest absolute Gasteiger partial charge is 0.385 e. The monoisotopic (exact) mass is 820 g/mol. The Kier molecular flexibility index (Phi) is 12.6. The van der Waals surface area contributed by atoms with Gasteiger partial charge in [0.1, 0.15) is 0 Å². The van der Waals surface area contributed by atoms with Crippen LogP contribution < -0.4 is 9.80 Å². The second-order valence-corrected chi connectivity index (χ2v) is 14.0. The minimum atomic E-state index is -5.97. The highest BCUT2D eigenvalue weighted by Crippen LogP contribution is 2.69. The van der Waals surface area contributed by atoms with Gasteiger partial charge in [0, 0.05) is 34.1 Å². The maximum atomic E-state index is 11.6. The lowest BCUT2D eigenvalue weighted by Crippen LogP contribution is -2.82. The lowest BCUT2D eigenvalue weighted by Gasteiger charge is -2.49. The highest BCUT2D eigenvalue weighted by molar-refractivity contribution is 5.81. The predicted molar refractivity (Wildman–Crippen MR) is 227 cm³/mol. The predicted octanol–water partition coefficient (Wildman–Crippen LogP) is 15.8. The van der Waals surface area contributed by atoms with Crippen LogP contribution in [0.4, 0.5) is 69.2 Å². The Morgan fingerprint density at radius 2 is 0.633 bits per heavy atom. The first-order valence-electron chi connectivity index (χ1n) is 18.8. The molecule has 60 heavy (non-hydrogen) atoms. The third kappa shape index (κ3) is 8.54. The smallest absolute Gasteiger partial charge is 0.310 e. The molecule has 0 radical (unpaired) electrons. The minimum absolute atomic E-state index is 1.13. The molecule has 1 fully saturated rings. The molecule has 1 aliphatic carbocycles. The quantitative estimate of drug-likeness (QED) is 0.141. The molecule has 0 aliphatic heterocycles. The zero-order valence-corrected chi connectivity index (χ0v) is 32.6. The Balaban J connectivity index is 0.000000246. The molecule has 8 rings (SSSR count). The van der Waals surface area contributed by atoms with Crippen molar-refractivity contribution in [2.24, 2.45) is 0 Å². The van der Waals surface area contributed by atoms with E-state index in [0.29, 0.717) is 0 Å². The van der Waals surface area contributed by atoms with Gasteiger partial charge in [-0.1, -0.05) is 128 Å². The van der Waals surface area contributed by atoms with Crippen molar-refractivity contribution in [3.63, 3.8) is 0 Å². The van der Waals surface area contributed by atoms with Crippen molar-refractivity contribution in [1.29, 1.82) is 0 Å². The maximum absolute atomic E-state index is 11.6. The minimum Gasteiger partial charge on any atom is -0.310 e. The van der Waals surface area contributed by atoms with Crippen molar-refractivity contribution >= 4 is 40.2 Å². The van der Waals surface area contributed by atoms with Crippen molar-refractivity contribution in [2.75, 3.05) is 9.80 Å². The number of alkyl halides is 8. The number of halogens is 8. The molecule has 306 valence electrons. The fourth-order valence-corrected chi connectivity index (χ4v) is 6.50. The van der Waals surface area contributed by atoms with Crippen LogP contribution in [0.25, 0.3) is 17.2 Å². The summed E-state index contributed by atoms with van der Waals surface area (Å²) in [7, 11) is 0. The van der Waals surface area contributed by atoms with Crippen molar-refractivity contribution in [1.82, 2.24) is 0 Å². The van der Waals surface area contributed by atoms with Gasteiger partial charge >= 0.3 is 23.7 Å². The van der Waals surface area contributed by atoms with Gasteiger partial charge in [0.15, 0.2) is 0 Å². The molecule has 0 saturated heterocycles. The Bertz CT molecular complexity index is 2280. The summed E-state index contributed by atoms with van der Waals surface area (Å²) in [5.74, 6) is -23.9. The molecule has 7 aromatic rings. The summed E-state index contributed by atoms with van der Waals surface area (Å²) in [6.45, 7) is 7.90. The number of aryl methyl sites for hydroxylation is 2. The lowest BCUT2D eigenvalue weighted by molar-refractivity contribution is -0.506. The first kappa shape index (κ1) is 42.9. The van der Waals surface area contributed by atoms with Crippen LogP contribution in [-0.2, 0) is 0 Å². The maximum Gasteiger partial charge on any atom is 0.385 e. The van der Waals surface area contributed by atoms with E-state index in [4.69, 9.17) is 0 Å². The molecular formula is C50H40F8N2. The molecular weight excluding hydrogens is 781 g/mol. The summed E-state index contributed by atoms with van der Waals surface area (Å²) in [5, 5.41) is 0. The van der Waals surface area contributed by atoms with E-state index < -0.39 is 23.7 Å². The first-order chi connectivity index (χ1) is 28.6. The van der Waals surface area contributed by atoms with Crippen LogP contribution in [0.15, 0.2) is 195 Å². The molecule has 0 aromatic heterocycles. The van der Waals surface area contributed by atoms with Crippen LogP contribution in [0.2, 0.25) is 0 Å². The molecule has 0 N–H and O–H groups in total. The van der Waals surface area contributed by atoms with E-state index >= 15 is 0 Å². The third-order valence-corrected chi connectivity index (χ3v) is 9.75. The van der Waals surface area contributed by atoms with E-state index in [9.17, 15) is 35.1 Å². The zero-order chi connectivity index (χ0) is 43.1. The van der Waals surface area contributed by atoms with Gasteiger partial charge in [0.2, 0.25) is 0 Å². The molecule has 0 spiro atoms. The number of benzene rings is 7. The highest BCUT2D eigenvalue weighted by Gasteiger charge is 3.01. The van der Waals surface area contributed by atoms with Crippen molar-refractivity contribution in [3.05, 3.63) is 211 Å². The standard InChI is InChI=1S/C38H32N2.C8H8.C4F8/c1-29-11-9-17-37(27-29)39(33-13-5-3-6-14-33)35-23-19-31(20-24-35)32-21-25-36(26-22-32)40(34-15-7-4-8-16-34)38-18-10-12-30(2)28-38;1-2-8-6-4-3-5-7-8;5-1(6)2(7,8)4(11,12)3(1,9)10/h3-28H,1-2H3;2-7H,1H2;. The normalized spacial score (nSPS) is 15.1. The van der Waals surface area contributed by atoms with Crippen LogP contribution in [0.5, 0.6) is 0 Å². The molecule has 0 atom stereocenters. The molecule has 10 heteroatoms. The van der Waals surface area contributed by atoms with Gasteiger partial charge in [0.25, 0.3) is 0 Å². The van der Waals surface area contributed by atoms with Crippen LogP contribution >= 0.6 is 0 Å². The Morgan fingerprint density at radius 1 is 0.350 bits per heavy atom. The molecule has 2 nitrogen and oxygen atoms in total. The summed E-state index contributed by atoms with van der Waals surface area (Å²) in [5.41, 5.74) is 12.9. The van der Waals surface area contributed by atoms with Crippen molar-refractivity contribution in [3.8, 4) is 11.1 Å². The first-order valence-corrected chi connectivity index (χ1v) is 18.8. The van der Waals surface area contributed by atoms with E-state index in [2.05, 4.69) is 188 Å². The molecule has 0 bridgehead atoms. The Hall–Kier alpha value is -6.68. The zero-order valence-electron chi connectivity index (χ0n) is 32.6. The van der Waals surface area contributed by atoms with Crippen molar-refractivity contribution < 1.29 is 35.1 Å². The number of hydrogen-bond donors (Lipinski definition) is 0. The van der Waals surface area contributed by atoms with Gasteiger partial charge in [-0.25, -0.2) is 0 Å². The van der Waals surface area contributed by atoms with Crippen LogP contribution in [-0.4, -0.2) is 23.7 Å². The highest BCUT2D eigenvalue weighted by atomic mass is 19.4. The summed E-state index contributed by atoms with van der Waals surface area (Å²) in [6, 6.07) is 66.1. The molecule has 0 unspecified atom stereocenters. The van der Waals surface area contributed by atoms with E-state index in [-0.39, 0.29) is 0 Å². The van der Waals surface area contributed by atoms with Crippen molar-refractivity contribution in [2.45, 2.75) is 37.5 Å². The summed E-state index contributed by atoms with van der Waals surface area (Å²) in [4.78, 5) is 4.61. The van der Waals surface area contributed by atoms with Gasteiger partial charge in [-0.05, 0) is 114 Å². The average Bonchev–Trinajstić information content (AvgIpc) is 3.25. The number of para-hydroxylation sites is 2. The number of hydrogen-bond acceptors (Lipinski definition) is 2. The van der Waals surface area contributed by atoms with Gasteiger partial charge in [-0.2, -0.15) is 35.1 Å². The second-order valence-electron chi connectivity index (χ2n) is 14.0. The Labute approximate surface area is 344 Å². The summed E-state index contributed by atoms with van der Waals surface area (Å²) < 4.78 is 92.9. The second kappa shape index (κ2) is 17.7. The van der Waals surface area contributed by atoms with E-state index in [1.165, 1.54) is 27.8 Å². The number of anilines is 6. The summed E-state index contributed by atoms with van der Waals surface area (Å²) >= 11 is 0. The Morgan fingerprint density at radius 3 is 0.917 bits per heavy atom.